The van der Waals surface area contributed by atoms with E-state index in [1.165, 1.54) is 24.6 Å². The predicted octanol–water partition coefficient (Wildman–Crippen LogP) is 4.34. The van der Waals surface area contributed by atoms with Crippen LogP contribution in [0, 0.1) is 6.92 Å². The van der Waals surface area contributed by atoms with Gasteiger partial charge in [-0.15, -0.1) is 21.5 Å². The number of nitrogens with zero attached hydrogens (tertiary/aromatic N) is 4. The molecule has 0 spiro atoms. The molecule has 8 heteroatoms. The molecule has 1 saturated carbocycles. The van der Waals surface area contributed by atoms with Gasteiger partial charge in [0.05, 0.1) is 16.5 Å². The second-order valence-electron chi connectivity index (χ2n) is 6.53. The Hall–Kier alpha value is -2.19. The third-order valence-electron chi connectivity index (χ3n) is 4.40. The number of carbonyl (C=O) groups excluding carboxylic acids is 1. The fourth-order valence-electron chi connectivity index (χ4n) is 2.93. The first-order chi connectivity index (χ1) is 13.1. The number of nitrogens with one attached hydrogen (secondary N) is 1. The summed E-state index contributed by atoms with van der Waals surface area (Å²) in [6.45, 7) is 4.91. The van der Waals surface area contributed by atoms with Gasteiger partial charge in [0.2, 0.25) is 5.91 Å². The van der Waals surface area contributed by atoms with Crippen molar-refractivity contribution in [2.45, 2.75) is 44.3 Å². The van der Waals surface area contributed by atoms with Crippen molar-refractivity contribution < 1.29 is 4.79 Å². The van der Waals surface area contributed by atoms with Crippen molar-refractivity contribution in [2.24, 2.45) is 0 Å². The molecule has 6 nitrogen and oxygen atoms in total. The van der Waals surface area contributed by atoms with Crippen LogP contribution in [0.5, 0.6) is 0 Å². The number of amides is 1. The smallest absolute Gasteiger partial charge is 0.234 e. The molecule has 0 bridgehead atoms. The van der Waals surface area contributed by atoms with Gasteiger partial charge in [-0.25, -0.2) is 4.98 Å². The van der Waals surface area contributed by atoms with E-state index in [-0.39, 0.29) is 5.91 Å². The van der Waals surface area contributed by atoms with Crippen LogP contribution in [-0.2, 0) is 11.3 Å². The Balaban J connectivity index is 1.38. The SMILES string of the molecule is CCn1c(SCC(=O)Nc2cccc(-c3csc(C)n3)c2)nnc1C1CC1. The molecule has 1 aliphatic carbocycles. The van der Waals surface area contributed by atoms with Gasteiger partial charge >= 0.3 is 0 Å². The monoisotopic (exact) mass is 399 g/mol. The zero-order chi connectivity index (χ0) is 18.8. The Morgan fingerprint density at radius 3 is 2.93 bits per heavy atom. The van der Waals surface area contributed by atoms with Crippen molar-refractivity contribution in [1.82, 2.24) is 19.7 Å². The lowest BCUT2D eigenvalue weighted by Crippen LogP contribution is -2.14. The molecule has 27 heavy (non-hydrogen) atoms. The van der Waals surface area contributed by atoms with Crippen LogP contribution in [-0.4, -0.2) is 31.4 Å². The standard InChI is InChI=1S/C19H21N5OS2/c1-3-24-18(13-7-8-13)22-23-19(24)27-11-17(25)21-15-6-4-5-14(9-15)16-10-26-12(2)20-16/h4-6,9-10,13H,3,7-8,11H2,1-2H3,(H,21,25). The average molecular weight is 400 g/mol. The Labute approximate surface area is 166 Å². The average Bonchev–Trinajstić information content (AvgIpc) is 3.28. The first-order valence-electron chi connectivity index (χ1n) is 9.02. The quantitative estimate of drug-likeness (QED) is 0.599. The minimum absolute atomic E-state index is 0.0507. The molecule has 4 rings (SSSR count). The Bertz CT molecular complexity index is 961. The van der Waals surface area contributed by atoms with Gasteiger partial charge in [-0.05, 0) is 38.8 Å². The van der Waals surface area contributed by atoms with Crippen LogP contribution in [0.25, 0.3) is 11.3 Å². The lowest BCUT2D eigenvalue weighted by atomic mass is 10.1. The molecular weight excluding hydrogens is 378 g/mol. The number of hydrogen-bond acceptors (Lipinski definition) is 6. The van der Waals surface area contributed by atoms with Gasteiger partial charge in [-0.3, -0.25) is 4.79 Å². The van der Waals surface area contributed by atoms with Crippen molar-refractivity contribution >= 4 is 34.7 Å². The molecule has 2 aromatic heterocycles. The molecule has 0 aliphatic heterocycles. The number of thiazole rings is 1. The summed E-state index contributed by atoms with van der Waals surface area (Å²) in [4.78, 5) is 16.9. The van der Waals surface area contributed by atoms with E-state index in [0.29, 0.717) is 11.7 Å². The third kappa shape index (κ3) is 4.22. The number of aromatic nitrogens is 4. The largest absolute Gasteiger partial charge is 0.325 e. The van der Waals surface area contributed by atoms with Crippen LogP contribution in [0.3, 0.4) is 0 Å². The topological polar surface area (TPSA) is 72.7 Å². The maximum absolute atomic E-state index is 12.4. The van der Waals surface area contributed by atoms with E-state index in [4.69, 9.17) is 0 Å². The molecular formula is C19H21N5OS2. The van der Waals surface area contributed by atoms with E-state index in [2.05, 4.69) is 32.0 Å². The van der Waals surface area contributed by atoms with Gasteiger partial charge in [0, 0.05) is 29.1 Å². The summed E-state index contributed by atoms with van der Waals surface area (Å²) in [6.07, 6.45) is 2.39. The molecule has 0 atom stereocenters. The zero-order valence-electron chi connectivity index (χ0n) is 15.3. The van der Waals surface area contributed by atoms with Crippen molar-refractivity contribution in [3.8, 4) is 11.3 Å². The highest BCUT2D eigenvalue weighted by atomic mass is 32.2. The van der Waals surface area contributed by atoms with Crippen molar-refractivity contribution in [3.05, 3.63) is 40.5 Å². The zero-order valence-corrected chi connectivity index (χ0v) is 16.9. The maximum atomic E-state index is 12.4. The van der Waals surface area contributed by atoms with Gasteiger partial charge in [0.1, 0.15) is 5.82 Å². The van der Waals surface area contributed by atoms with Crippen molar-refractivity contribution in [2.75, 3.05) is 11.1 Å². The summed E-state index contributed by atoms with van der Waals surface area (Å²) >= 11 is 3.06. The molecule has 0 unspecified atom stereocenters. The Morgan fingerprint density at radius 1 is 1.37 bits per heavy atom. The predicted molar refractivity (Wildman–Crippen MR) is 109 cm³/mol. The number of carbonyl (C=O) groups is 1. The van der Waals surface area contributed by atoms with E-state index >= 15 is 0 Å². The molecule has 3 aromatic rings. The number of anilines is 1. The number of benzene rings is 1. The van der Waals surface area contributed by atoms with Crippen LogP contribution in [0.2, 0.25) is 0 Å². The summed E-state index contributed by atoms with van der Waals surface area (Å²) in [5.74, 6) is 1.87. The van der Waals surface area contributed by atoms with Gasteiger partial charge in [-0.2, -0.15) is 0 Å². The van der Waals surface area contributed by atoms with Crippen LogP contribution >= 0.6 is 23.1 Å². The number of thioether (sulfide) groups is 1. The van der Waals surface area contributed by atoms with Gasteiger partial charge in [0.25, 0.3) is 0 Å². The molecule has 1 aromatic carbocycles. The molecule has 1 fully saturated rings. The maximum Gasteiger partial charge on any atom is 0.234 e. The van der Waals surface area contributed by atoms with Gasteiger partial charge < -0.3 is 9.88 Å². The minimum atomic E-state index is -0.0507. The van der Waals surface area contributed by atoms with Crippen LogP contribution in [0.15, 0.2) is 34.8 Å². The van der Waals surface area contributed by atoms with E-state index < -0.39 is 0 Å². The number of aryl methyl sites for hydroxylation is 1. The molecule has 0 radical (unpaired) electrons. The second-order valence-corrected chi connectivity index (χ2v) is 8.53. The highest BCUT2D eigenvalue weighted by molar-refractivity contribution is 7.99. The third-order valence-corrected chi connectivity index (χ3v) is 6.14. The summed E-state index contributed by atoms with van der Waals surface area (Å²) in [6, 6.07) is 7.78. The van der Waals surface area contributed by atoms with Crippen LogP contribution in [0.1, 0.15) is 36.5 Å². The van der Waals surface area contributed by atoms with E-state index in [1.54, 1.807) is 11.3 Å². The molecule has 1 aliphatic rings. The van der Waals surface area contributed by atoms with Crippen molar-refractivity contribution in [1.29, 1.82) is 0 Å². The fourth-order valence-corrected chi connectivity index (χ4v) is 4.36. The van der Waals surface area contributed by atoms with E-state index in [9.17, 15) is 4.79 Å². The second kappa shape index (κ2) is 7.82. The highest BCUT2D eigenvalue weighted by Gasteiger charge is 2.30. The highest BCUT2D eigenvalue weighted by Crippen LogP contribution is 2.40. The summed E-state index contributed by atoms with van der Waals surface area (Å²) in [5.41, 5.74) is 2.72. The van der Waals surface area contributed by atoms with Crippen LogP contribution in [0.4, 0.5) is 5.69 Å². The molecule has 1 amide bonds. The van der Waals surface area contributed by atoms with Gasteiger partial charge in [0.15, 0.2) is 5.16 Å². The van der Waals surface area contributed by atoms with Gasteiger partial charge in [-0.1, -0.05) is 23.9 Å². The summed E-state index contributed by atoms with van der Waals surface area (Å²) in [7, 11) is 0. The molecule has 0 saturated heterocycles. The number of hydrogen-bond donors (Lipinski definition) is 1. The molecule has 1 N–H and O–H groups in total. The van der Waals surface area contributed by atoms with E-state index in [1.807, 2.05) is 36.6 Å². The Morgan fingerprint density at radius 2 is 2.22 bits per heavy atom. The normalized spacial score (nSPS) is 13.7. The lowest BCUT2D eigenvalue weighted by molar-refractivity contribution is -0.113. The van der Waals surface area contributed by atoms with E-state index in [0.717, 1.165) is 39.5 Å². The first-order valence-corrected chi connectivity index (χ1v) is 10.9. The first kappa shape index (κ1) is 18.2. The summed E-state index contributed by atoms with van der Waals surface area (Å²) in [5, 5.41) is 15.4. The summed E-state index contributed by atoms with van der Waals surface area (Å²) < 4.78 is 2.13. The molecule has 2 heterocycles. The fraction of sp³-hybridized carbons (Fsp3) is 0.368. The Kier molecular flexibility index (Phi) is 5.27. The molecule has 140 valence electrons. The number of rotatable bonds is 7. The minimum Gasteiger partial charge on any atom is -0.325 e. The van der Waals surface area contributed by atoms with Crippen LogP contribution < -0.4 is 5.32 Å². The lowest BCUT2D eigenvalue weighted by Gasteiger charge is -2.08. The van der Waals surface area contributed by atoms with Crippen molar-refractivity contribution in [3.63, 3.8) is 0 Å².